The van der Waals surface area contributed by atoms with E-state index in [9.17, 15) is 0 Å². The van der Waals surface area contributed by atoms with Crippen molar-refractivity contribution in [1.29, 1.82) is 0 Å². The first kappa shape index (κ1) is 7.87. The maximum absolute atomic E-state index is 4.32. The lowest BCUT2D eigenvalue weighted by Gasteiger charge is -2.04. The van der Waals surface area contributed by atoms with Crippen LogP contribution in [0.15, 0.2) is 48.9 Å². The predicted molar refractivity (Wildman–Crippen MR) is 61.4 cm³/mol. The van der Waals surface area contributed by atoms with Crippen LogP contribution in [-0.2, 0) is 0 Å². The molecule has 16 heavy (non-hydrogen) atoms. The zero-order valence-corrected chi connectivity index (χ0v) is 8.41. The highest BCUT2D eigenvalue weighted by Gasteiger charge is 2.08. The lowest BCUT2D eigenvalue weighted by Crippen LogP contribution is -1.97. The van der Waals surface area contributed by atoms with Gasteiger partial charge in [-0.1, -0.05) is 12.1 Å². The molecule has 0 saturated carbocycles. The summed E-state index contributed by atoms with van der Waals surface area (Å²) in [5, 5.41) is 5.37. The summed E-state index contributed by atoms with van der Waals surface area (Å²) in [6, 6.07) is 12.3. The molecular formula is C12H8N4. The Bertz CT molecular complexity index is 740. The number of fused-ring (bicyclic) bond motifs is 6. The summed E-state index contributed by atoms with van der Waals surface area (Å²) >= 11 is 0. The van der Waals surface area contributed by atoms with Gasteiger partial charge in [0.15, 0.2) is 5.65 Å². The number of nitrogens with zero attached hydrogens (tertiary/aromatic N) is 4. The number of hydrogen-bond donors (Lipinski definition) is 0. The first-order valence-electron chi connectivity index (χ1n) is 5.13. The highest BCUT2D eigenvalue weighted by atomic mass is 15.3. The van der Waals surface area contributed by atoms with E-state index in [1.807, 2.05) is 35.0 Å². The fourth-order valence-corrected chi connectivity index (χ4v) is 2.21. The summed E-state index contributed by atoms with van der Waals surface area (Å²) in [4.78, 5) is 4.32. The lowest BCUT2D eigenvalue weighted by molar-refractivity contribution is 0.969. The van der Waals surface area contributed by atoms with Crippen LogP contribution in [0.2, 0.25) is 0 Å². The Kier molecular flexibility index (Phi) is 1.28. The third-order valence-corrected chi connectivity index (χ3v) is 2.90. The molecule has 3 aromatic heterocycles. The molecule has 0 saturated heterocycles. The predicted octanol–water partition coefficient (Wildman–Crippen LogP) is 2.14. The Morgan fingerprint density at radius 1 is 1.00 bits per heavy atom. The minimum Gasteiger partial charge on any atom is -0.301 e. The summed E-state index contributed by atoms with van der Waals surface area (Å²) < 4.78 is 3.99. The van der Waals surface area contributed by atoms with E-state index in [1.54, 1.807) is 6.33 Å². The van der Waals surface area contributed by atoms with Crippen LogP contribution in [0.3, 0.4) is 0 Å². The fourth-order valence-electron chi connectivity index (χ4n) is 2.21. The number of para-hydroxylation sites is 1. The van der Waals surface area contributed by atoms with Crippen LogP contribution in [0.1, 0.15) is 0 Å². The Balaban J connectivity index is 2.51. The van der Waals surface area contributed by atoms with Crippen molar-refractivity contribution in [3.8, 4) is 0 Å². The second-order valence-corrected chi connectivity index (χ2v) is 3.75. The van der Waals surface area contributed by atoms with E-state index in [4.69, 9.17) is 0 Å². The van der Waals surface area contributed by atoms with Gasteiger partial charge in [-0.15, -0.1) is 0 Å². The van der Waals surface area contributed by atoms with Crippen molar-refractivity contribution in [3.05, 3.63) is 48.9 Å². The summed E-state index contributed by atoms with van der Waals surface area (Å²) in [7, 11) is 0. The number of benzene rings is 1. The number of rotatable bonds is 0. The minimum absolute atomic E-state index is 0.904. The third kappa shape index (κ3) is 0.798. The number of hydrogen-bond acceptors (Lipinski definition) is 2. The van der Waals surface area contributed by atoms with Crippen LogP contribution in [0.4, 0.5) is 0 Å². The van der Waals surface area contributed by atoms with Gasteiger partial charge in [-0.25, -0.2) is 4.98 Å². The fraction of sp³-hybridized carbons (Fsp3) is 0. The smallest absolute Gasteiger partial charge is 0.166 e. The summed E-state index contributed by atoms with van der Waals surface area (Å²) in [6.45, 7) is 0. The van der Waals surface area contributed by atoms with Crippen LogP contribution in [0, 0.1) is 0 Å². The van der Waals surface area contributed by atoms with Crippen molar-refractivity contribution >= 4 is 22.2 Å². The van der Waals surface area contributed by atoms with Crippen molar-refractivity contribution in [2.75, 3.05) is 0 Å². The molecule has 0 N–H and O–H groups in total. The molecule has 0 spiro atoms. The quantitative estimate of drug-likeness (QED) is 0.443. The first-order valence-corrected chi connectivity index (χ1v) is 5.13. The van der Waals surface area contributed by atoms with E-state index in [-0.39, 0.29) is 0 Å². The maximum atomic E-state index is 4.32. The van der Waals surface area contributed by atoms with Crippen LogP contribution < -0.4 is 0 Å². The van der Waals surface area contributed by atoms with Crippen molar-refractivity contribution < 1.29 is 0 Å². The molecule has 4 heteroatoms. The average molecular weight is 208 g/mol. The minimum atomic E-state index is 0.904. The van der Waals surface area contributed by atoms with Crippen LogP contribution >= 0.6 is 0 Å². The molecule has 4 rings (SSSR count). The monoisotopic (exact) mass is 208 g/mol. The summed E-state index contributed by atoms with van der Waals surface area (Å²) in [6.07, 6.45) is 3.63. The van der Waals surface area contributed by atoms with E-state index >= 15 is 0 Å². The Morgan fingerprint density at radius 2 is 1.94 bits per heavy atom. The standard InChI is InChI=1S/C12H8N4/c1-2-5-10-9(4-1)12-13-8-14-16(12)11-6-3-7-15(10)11/h1-8H. The van der Waals surface area contributed by atoms with Gasteiger partial charge in [-0.05, 0) is 24.3 Å². The zero-order chi connectivity index (χ0) is 10.5. The zero-order valence-electron chi connectivity index (χ0n) is 8.41. The molecule has 0 atom stereocenters. The molecule has 1 aromatic carbocycles. The highest BCUT2D eigenvalue weighted by Crippen LogP contribution is 2.20. The molecule has 0 aliphatic rings. The lowest BCUT2D eigenvalue weighted by atomic mass is 10.2. The van der Waals surface area contributed by atoms with Gasteiger partial charge in [0.25, 0.3) is 0 Å². The van der Waals surface area contributed by atoms with Crippen molar-refractivity contribution in [2.45, 2.75) is 0 Å². The molecule has 0 radical (unpaired) electrons. The van der Waals surface area contributed by atoms with Gasteiger partial charge in [0.05, 0.1) is 5.52 Å². The topological polar surface area (TPSA) is 34.6 Å². The van der Waals surface area contributed by atoms with Gasteiger partial charge in [0.1, 0.15) is 12.0 Å². The van der Waals surface area contributed by atoms with Gasteiger partial charge < -0.3 is 4.40 Å². The molecule has 0 aliphatic carbocycles. The van der Waals surface area contributed by atoms with E-state index in [0.29, 0.717) is 0 Å². The molecule has 0 bridgehead atoms. The number of aromatic nitrogens is 4. The highest BCUT2D eigenvalue weighted by molar-refractivity contribution is 5.93. The molecule has 3 heterocycles. The Hall–Kier alpha value is -2.36. The van der Waals surface area contributed by atoms with Crippen molar-refractivity contribution in [3.63, 3.8) is 0 Å². The summed E-state index contributed by atoms with van der Waals surface area (Å²) in [5.74, 6) is 0. The van der Waals surface area contributed by atoms with Crippen molar-refractivity contribution in [2.24, 2.45) is 0 Å². The second kappa shape index (κ2) is 2.61. The first-order chi connectivity index (χ1) is 7.95. The molecule has 0 unspecified atom stereocenters. The van der Waals surface area contributed by atoms with E-state index in [2.05, 4.69) is 26.6 Å². The molecule has 76 valence electrons. The van der Waals surface area contributed by atoms with Crippen LogP contribution in [0.5, 0.6) is 0 Å². The van der Waals surface area contributed by atoms with E-state index in [1.165, 1.54) is 0 Å². The Morgan fingerprint density at radius 3 is 2.94 bits per heavy atom. The second-order valence-electron chi connectivity index (χ2n) is 3.75. The van der Waals surface area contributed by atoms with Gasteiger partial charge in [0.2, 0.25) is 0 Å². The van der Waals surface area contributed by atoms with Gasteiger partial charge in [-0.3, -0.25) is 0 Å². The summed E-state index contributed by atoms with van der Waals surface area (Å²) in [5.41, 5.74) is 3.09. The van der Waals surface area contributed by atoms with Crippen LogP contribution in [-0.4, -0.2) is 19.0 Å². The van der Waals surface area contributed by atoms with Gasteiger partial charge in [-0.2, -0.15) is 9.61 Å². The third-order valence-electron chi connectivity index (χ3n) is 2.90. The van der Waals surface area contributed by atoms with E-state index in [0.717, 1.165) is 22.2 Å². The van der Waals surface area contributed by atoms with Crippen molar-refractivity contribution in [1.82, 2.24) is 19.0 Å². The normalized spacial score (nSPS) is 11.8. The molecule has 0 amide bonds. The molecular weight excluding hydrogens is 200 g/mol. The largest absolute Gasteiger partial charge is 0.301 e. The molecule has 0 fully saturated rings. The SMILES string of the molecule is c1ccc2c(c1)c1ncnn1c1cccn21. The Labute approximate surface area is 90.8 Å². The molecule has 0 aliphatic heterocycles. The van der Waals surface area contributed by atoms with Gasteiger partial charge >= 0.3 is 0 Å². The molecule has 4 nitrogen and oxygen atoms in total. The van der Waals surface area contributed by atoms with E-state index < -0.39 is 0 Å². The van der Waals surface area contributed by atoms with Gasteiger partial charge in [0, 0.05) is 11.6 Å². The molecule has 4 aromatic rings. The van der Waals surface area contributed by atoms with Crippen LogP contribution in [0.25, 0.3) is 22.2 Å². The maximum Gasteiger partial charge on any atom is 0.166 e. The average Bonchev–Trinajstić information content (AvgIpc) is 2.98.